The quantitative estimate of drug-likeness (QED) is 0.562. The van der Waals surface area contributed by atoms with Gasteiger partial charge in [0.1, 0.15) is 10.7 Å². The molecule has 1 amide bonds. The summed E-state index contributed by atoms with van der Waals surface area (Å²) in [6.45, 7) is 0. The zero-order valence-electron chi connectivity index (χ0n) is 11.9. The molecular formula is C14H9FN4O5. The predicted molar refractivity (Wildman–Crippen MR) is 76.8 cm³/mol. The molecule has 2 heterocycles. The second-order valence-electron chi connectivity index (χ2n) is 4.65. The summed E-state index contributed by atoms with van der Waals surface area (Å²) in [5.74, 6) is -1.73. The Bertz CT molecular complexity index is 887. The van der Waals surface area contributed by atoms with E-state index in [2.05, 4.69) is 15.5 Å². The van der Waals surface area contributed by atoms with Crippen LogP contribution in [-0.2, 0) is 6.42 Å². The highest BCUT2D eigenvalue weighted by Crippen LogP contribution is 2.17. The Morgan fingerprint density at radius 2 is 1.92 bits per heavy atom. The molecule has 1 N–H and O–H groups in total. The van der Waals surface area contributed by atoms with Crippen LogP contribution in [0.3, 0.4) is 0 Å². The first-order chi connectivity index (χ1) is 11.5. The Morgan fingerprint density at radius 1 is 1.17 bits per heavy atom. The third-order valence-corrected chi connectivity index (χ3v) is 2.95. The maximum absolute atomic E-state index is 12.8. The number of hydrogen-bond donors (Lipinski definition) is 1. The van der Waals surface area contributed by atoms with Crippen molar-refractivity contribution in [3.63, 3.8) is 0 Å². The van der Waals surface area contributed by atoms with Gasteiger partial charge in [-0.25, -0.2) is 4.39 Å². The van der Waals surface area contributed by atoms with Crippen LogP contribution in [0.25, 0.3) is 0 Å². The smallest absolute Gasteiger partial charge is 0.407 e. The molecule has 0 aliphatic heterocycles. The van der Waals surface area contributed by atoms with Crippen LogP contribution in [0, 0.1) is 15.9 Å². The highest BCUT2D eigenvalue weighted by Gasteiger charge is 2.19. The summed E-state index contributed by atoms with van der Waals surface area (Å²) in [6.07, 6.45) is 0.259. The molecule has 0 radical (unpaired) electrons. The van der Waals surface area contributed by atoms with Crippen molar-refractivity contribution in [2.45, 2.75) is 6.42 Å². The molecule has 0 fully saturated rings. The molecular weight excluding hydrogens is 323 g/mol. The second kappa shape index (κ2) is 6.28. The topological polar surface area (TPSA) is 124 Å². The molecule has 24 heavy (non-hydrogen) atoms. The van der Waals surface area contributed by atoms with E-state index in [1.165, 1.54) is 12.1 Å². The van der Waals surface area contributed by atoms with Crippen LogP contribution < -0.4 is 5.32 Å². The number of benzene rings is 1. The average Bonchev–Trinajstić information content (AvgIpc) is 3.19. The van der Waals surface area contributed by atoms with Crippen molar-refractivity contribution in [3.8, 4) is 0 Å². The van der Waals surface area contributed by atoms with E-state index in [1.807, 2.05) is 0 Å². The molecule has 0 saturated heterocycles. The zero-order valence-corrected chi connectivity index (χ0v) is 11.9. The third kappa shape index (κ3) is 3.43. The molecule has 0 bridgehead atoms. The Morgan fingerprint density at radius 3 is 2.58 bits per heavy atom. The van der Waals surface area contributed by atoms with E-state index in [1.54, 1.807) is 12.1 Å². The number of carbonyl (C=O) groups is 1. The number of nitro groups is 1. The molecule has 0 spiro atoms. The van der Waals surface area contributed by atoms with Gasteiger partial charge in [-0.15, -0.1) is 5.10 Å². The van der Waals surface area contributed by atoms with Gasteiger partial charge in [-0.05, 0) is 23.8 Å². The molecule has 3 rings (SSSR count). The van der Waals surface area contributed by atoms with Crippen LogP contribution >= 0.6 is 0 Å². The summed E-state index contributed by atoms with van der Waals surface area (Å²) < 4.78 is 22.8. The standard InChI is InChI=1S/C14H9FN4O5/c15-9-3-1-8(2-4-9)7-11-17-18-14(24-11)16-13(20)10-5-6-12(23-10)19(21)22/h1-6H,7H2,(H,16,18,20). The predicted octanol–water partition coefficient (Wildman–Crippen LogP) is 2.55. The van der Waals surface area contributed by atoms with Gasteiger partial charge in [-0.3, -0.25) is 20.2 Å². The number of rotatable bonds is 5. The number of aromatic nitrogens is 2. The number of anilines is 1. The van der Waals surface area contributed by atoms with E-state index >= 15 is 0 Å². The monoisotopic (exact) mass is 332 g/mol. The van der Waals surface area contributed by atoms with Gasteiger partial charge in [-0.2, -0.15) is 0 Å². The molecule has 0 saturated carbocycles. The van der Waals surface area contributed by atoms with Crippen molar-refractivity contribution in [1.82, 2.24) is 10.2 Å². The van der Waals surface area contributed by atoms with Gasteiger partial charge < -0.3 is 8.83 Å². The van der Waals surface area contributed by atoms with Crippen molar-refractivity contribution in [2.75, 3.05) is 5.32 Å². The Balaban J connectivity index is 1.65. The van der Waals surface area contributed by atoms with Crippen LogP contribution in [0.2, 0.25) is 0 Å². The number of halogens is 1. The molecule has 10 heteroatoms. The number of nitrogens with one attached hydrogen (secondary N) is 1. The third-order valence-electron chi connectivity index (χ3n) is 2.95. The van der Waals surface area contributed by atoms with Crippen molar-refractivity contribution in [1.29, 1.82) is 0 Å². The molecule has 2 aromatic heterocycles. The lowest BCUT2D eigenvalue weighted by molar-refractivity contribution is -0.402. The molecule has 0 aliphatic carbocycles. The lowest BCUT2D eigenvalue weighted by Crippen LogP contribution is -2.11. The van der Waals surface area contributed by atoms with E-state index in [-0.39, 0.29) is 29.9 Å². The fourth-order valence-electron chi connectivity index (χ4n) is 1.86. The molecule has 3 aromatic rings. The minimum absolute atomic E-state index is 0.184. The Labute approximate surface area is 133 Å². The molecule has 0 unspecified atom stereocenters. The lowest BCUT2D eigenvalue weighted by atomic mass is 10.1. The van der Waals surface area contributed by atoms with E-state index in [0.29, 0.717) is 0 Å². The second-order valence-corrected chi connectivity index (χ2v) is 4.65. The minimum atomic E-state index is -0.764. The summed E-state index contributed by atoms with van der Waals surface area (Å²) in [6, 6.07) is 7.78. The molecule has 9 nitrogen and oxygen atoms in total. The maximum atomic E-state index is 12.8. The number of hydrogen-bond acceptors (Lipinski definition) is 7. The largest absolute Gasteiger partial charge is 0.433 e. The van der Waals surface area contributed by atoms with Crippen molar-refractivity contribution in [2.24, 2.45) is 0 Å². The first kappa shape index (κ1) is 15.3. The van der Waals surface area contributed by atoms with E-state index in [0.717, 1.165) is 17.7 Å². The average molecular weight is 332 g/mol. The summed E-state index contributed by atoms with van der Waals surface area (Å²) in [5.41, 5.74) is 0.750. The first-order valence-corrected chi connectivity index (χ1v) is 6.63. The van der Waals surface area contributed by atoms with Crippen LogP contribution in [0.4, 0.5) is 16.3 Å². The molecule has 0 atom stereocenters. The van der Waals surface area contributed by atoms with Crippen molar-refractivity contribution < 1.29 is 22.9 Å². The van der Waals surface area contributed by atoms with Crippen LogP contribution in [0.1, 0.15) is 22.0 Å². The normalized spacial score (nSPS) is 10.5. The van der Waals surface area contributed by atoms with Gasteiger partial charge in [0.05, 0.1) is 12.5 Å². The summed E-state index contributed by atoms with van der Waals surface area (Å²) in [5, 5.41) is 20.2. The molecule has 1 aromatic carbocycles. The van der Waals surface area contributed by atoms with E-state index < -0.39 is 16.7 Å². The highest BCUT2D eigenvalue weighted by molar-refractivity contribution is 6.01. The summed E-state index contributed by atoms with van der Waals surface area (Å²) in [4.78, 5) is 21.6. The fraction of sp³-hybridized carbons (Fsp3) is 0.0714. The molecule has 122 valence electrons. The van der Waals surface area contributed by atoms with E-state index in [4.69, 9.17) is 8.83 Å². The Kier molecular flexibility index (Phi) is 4.01. The fourth-order valence-corrected chi connectivity index (χ4v) is 1.86. The number of furan rings is 1. The van der Waals surface area contributed by atoms with Crippen LogP contribution in [-0.4, -0.2) is 21.0 Å². The highest BCUT2D eigenvalue weighted by atomic mass is 19.1. The maximum Gasteiger partial charge on any atom is 0.433 e. The van der Waals surface area contributed by atoms with Gasteiger partial charge in [0.2, 0.25) is 5.89 Å². The number of carbonyl (C=O) groups excluding carboxylic acids is 1. The van der Waals surface area contributed by atoms with Crippen molar-refractivity contribution >= 4 is 17.8 Å². The zero-order chi connectivity index (χ0) is 17.1. The summed E-state index contributed by atoms with van der Waals surface area (Å²) in [7, 11) is 0. The first-order valence-electron chi connectivity index (χ1n) is 6.63. The Hall–Kier alpha value is -3.56. The minimum Gasteiger partial charge on any atom is -0.407 e. The van der Waals surface area contributed by atoms with Gasteiger partial charge in [0, 0.05) is 0 Å². The van der Waals surface area contributed by atoms with E-state index in [9.17, 15) is 19.3 Å². The number of amides is 1. The van der Waals surface area contributed by atoms with Gasteiger partial charge in [-0.1, -0.05) is 17.2 Å². The summed E-state index contributed by atoms with van der Waals surface area (Å²) >= 11 is 0. The van der Waals surface area contributed by atoms with Gasteiger partial charge in [0.15, 0.2) is 5.76 Å². The SMILES string of the molecule is O=C(Nc1nnc(Cc2ccc(F)cc2)o1)c1ccc([N+](=O)[O-])o1. The molecule has 0 aliphatic rings. The lowest BCUT2D eigenvalue weighted by Gasteiger charge is -1.97. The van der Waals surface area contributed by atoms with Crippen LogP contribution in [0.15, 0.2) is 45.2 Å². The van der Waals surface area contributed by atoms with Crippen LogP contribution in [0.5, 0.6) is 0 Å². The van der Waals surface area contributed by atoms with Gasteiger partial charge in [0.25, 0.3) is 5.91 Å². The van der Waals surface area contributed by atoms with Gasteiger partial charge >= 0.3 is 11.9 Å². The van der Waals surface area contributed by atoms with Crippen molar-refractivity contribution in [3.05, 3.63) is 69.5 Å². The number of nitrogens with zero attached hydrogens (tertiary/aromatic N) is 3.